The lowest BCUT2D eigenvalue weighted by molar-refractivity contribution is -0.497. The van der Waals surface area contributed by atoms with Crippen molar-refractivity contribution in [3.05, 3.63) is 33.9 Å². The lowest BCUT2D eigenvalue weighted by atomic mass is 10.2. The molecule has 7 nitrogen and oxygen atoms in total. The van der Waals surface area contributed by atoms with E-state index in [4.69, 9.17) is 9.47 Å². The number of nitrogens with zero attached hydrogens (tertiary/aromatic N) is 1. The van der Waals surface area contributed by atoms with Gasteiger partial charge >= 0.3 is 0 Å². The Morgan fingerprint density at radius 3 is 2.80 bits per heavy atom. The predicted molar refractivity (Wildman–Crippen MR) is 68.2 cm³/mol. The first kappa shape index (κ1) is 12.7. The van der Waals surface area contributed by atoms with E-state index < -0.39 is 16.9 Å². The molecule has 1 heterocycles. The van der Waals surface area contributed by atoms with E-state index in [1.165, 1.54) is 0 Å². The summed E-state index contributed by atoms with van der Waals surface area (Å²) in [6, 6.07) is 4.74. The Kier molecular flexibility index (Phi) is 3.17. The third-order valence-corrected chi connectivity index (χ3v) is 3.44. The third kappa shape index (κ3) is 2.52. The van der Waals surface area contributed by atoms with Crippen LogP contribution in [0, 0.1) is 16.0 Å². The van der Waals surface area contributed by atoms with Gasteiger partial charge in [0.2, 0.25) is 11.9 Å². The van der Waals surface area contributed by atoms with Crippen LogP contribution in [0.3, 0.4) is 0 Å². The molecular formula is C13H14N2O5. The largest absolute Gasteiger partial charge is 0.486 e. The molecule has 1 aromatic rings. The molecule has 1 N–H and O–H groups in total. The quantitative estimate of drug-likeness (QED) is 0.648. The van der Waals surface area contributed by atoms with Crippen molar-refractivity contribution in [1.82, 2.24) is 5.32 Å². The van der Waals surface area contributed by atoms with Crippen molar-refractivity contribution < 1.29 is 19.2 Å². The highest BCUT2D eigenvalue weighted by Crippen LogP contribution is 2.33. The minimum Gasteiger partial charge on any atom is -0.486 e. The molecule has 3 rings (SSSR count). The highest BCUT2D eigenvalue weighted by Gasteiger charge is 2.53. The summed E-state index contributed by atoms with van der Waals surface area (Å²) in [4.78, 5) is 21.8. The maximum Gasteiger partial charge on any atom is 0.230 e. The maximum atomic E-state index is 11.7. The summed E-state index contributed by atoms with van der Waals surface area (Å²) in [5.41, 5.74) is 0.876. The Morgan fingerprint density at radius 2 is 2.10 bits per heavy atom. The topological polar surface area (TPSA) is 90.7 Å². The average molecular weight is 278 g/mol. The molecule has 1 aliphatic heterocycles. The number of fused-ring (bicyclic) bond motifs is 1. The van der Waals surface area contributed by atoms with Crippen LogP contribution in [0.25, 0.3) is 0 Å². The monoisotopic (exact) mass is 278 g/mol. The summed E-state index contributed by atoms with van der Waals surface area (Å²) < 4.78 is 10.9. The Morgan fingerprint density at radius 1 is 1.35 bits per heavy atom. The molecule has 0 aromatic heterocycles. The first-order valence-corrected chi connectivity index (χ1v) is 6.45. The van der Waals surface area contributed by atoms with Gasteiger partial charge in [-0.1, -0.05) is 6.07 Å². The van der Waals surface area contributed by atoms with Crippen LogP contribution in [-0.4, -0.2) is 30.1 Å². The van der Waals surface area contributed by atoms with Crippen LogP contribution < -0.4 is 14.8 Å². The van der Waals surface area contributed by atoms with Gasteiger partial charge in [0.1, 0.15) is 19.1 Å². The van der Waals surface area contributed by atoms with Crippen molar-refractivity contribution in [1.29, 1.82) is 0 Å². The van der Waals surface area contributed by atoms with Gasteiger partial charge in [-0.05, 0) is 17.7 Å². The zero-order valence-electron chi connectivity index (χ0n) is 10.7. The fraction of sp³-hybridized carbons (Fsp3) is 0.462. The summed E-state index contributed by atoms with van der Waals surface area (Å²) in [6.45, 7) is 1.37. The number of carbonyl (C=O) groups is 1. The number of carbonyl (C=O) groups excluding carboxylic acids is 1. The number of hydrogen-bond donors (Lipinski definition) is 1. The van der Waals surface area contributed by atoms with Crippen molar-refractivity contribution >= 4 is 5.91 Å². The van der Waals surface area contributed by atoms with E-state index >= 15 is 0 Å². The zero-order valence-corrected chi connectivity index (χ0v) is 10.7. The summed E-state index contributed by atoms with van der Waals surface area (Å²) >= 11 is 0. The smallest absolute Gasteiger partial charge is 0.230 e. The standard InChI is InChI=1S/C13H14N2O5/c16-13(9-6-10(9)15(17)18)14-7-8-1-2-11-12(5-8)20-4-3-19-11/h1-2,5,9-10H,3-4,6-7H2,(H,14,16). The maximum absolute atomic E-state index is 11.7. The van der Waals surface area contributed by atoms with Crippen LogP contribution in [0.5, 0.6) is 11.5 Å². The summed E-state index contributed by atoms with van der Waals surface area (Å²) in [7, 11) is 0. The number of ether oxygens (including phenoxy) is 2. The molecule has 0 bridgehead atoms. The Labute approximate surface area is 115 Å². The highest BCUT2D eigenvalue weighted by molar-refractivity contribution is 5.81. The van der Waals surface area contributed by atoms with Gasteiger partial charge < -0.3 is 14.8 Å². The van der Waals surface area contributed by atoms with Crippen LogP contribution in [0.15, 0.2) is 18.2 Å². The Hall–Kier alpha value is -2.31. The Bertz CT molecular complexity index is 560. The van der Waals surface area contributed by atoms with Gasteiger partial charge in [0.05, 0.1) is 0 Å². The lowest BCUT2D eigenvalue weighted by Crippen LogP contribution is -2.27. The van der Waals surface area contributed by atoms with Crippen LogP contribution >= 0.6 is 0 Å². The van der Waals surface area contributed by atoms with Crippen LogP contribution in [0.1, 0.15) is 12.0 Å². The molecule has 2 atom stereocenters. The van der Waals surface area contributed by atoms with E-state index in [-0.39, 0.29) is 5.91 Å². The normalized spacial score (nSPS) is 23.0. The highest BCUT2D eigenvalue weighted by atomic mass is 16.6. The fourth-order valence-corrected chi connectivity index (χ4v) is 2.21. The van der Waals surface area contributed by atoms with Crippen molar-refractivity contribution in [2.24, 2.45) is 5.92 Å². The van der Waals surface area contributed by atoms with Crippen molar-refractivity contribution in [2.45, 2.75) is 19.0 Å². The predicted octanol–water partition coefficient (Wildman–Crippen LogP) is 0.739. The second-order valence-electron chi connectivity index (χ2n) is 4.89. The molecule has 7 heteroatoms. The number of rotatable bonds is 4. The number of benzene rings is 1. The Balaban J connectivity index is 1.56. The summed E-state index contributed by atoms with van der Waals surface area (Å²) in [5, 5.41) is 13.2. The third-order valence-electron chi connectivity index (χ3n) is 3.44. The van der Waals surface area contributed by atoms with Crippen molar-refractivity contribution in [3.63, 3.8) is 0 Å². The summed E-state index contributed by atoms with van der Waals surface area (Å²) in [5.74, 6) is 0.614. The van der Waals surface area contributed by atoms with Gasteiger partial charge in [0, 0.05) is 17.9 Å². The number of hydrogen-bond acceptors (Lipinski definition) is 5. The zero-order chi connectivity index (χ0) is 14.1. The van der Waals surface area contributed by atoms with Crippen LogP contribution in [0.2, 0.25) is 0 Å². The second kappa shape index (κ2) is 4.99. The van der Waals surface area contributed by atoms with Gasteiger partial charge in [0.25, 0.3) is 0 Å². The minimum atomic E-state index is -0.713. The molecular weight excluding hydrogens is 264 g/mol. The van der Waals surface area contributed by atoms with E-state index in [2.05, 4.69) is 5.32 Å². The van der Waals surface area contributed by atoms with Gasteiger partial charge in [0.15, 0.2) is 11.5 Å². The number of amides is 1. The minimum absolute atomic E-state index is 0.262. The first-order valence-electron chi connectivity index (χ1n) is 6.45. The SMILES string of the molecule is O=C(NCc1ccc2c(c1)OCCO2)C1CC1[N+](=O)[O-]. The molecule has 20 heavy (non-hydrogen) atoms. The number of nitrogens with one attached hydrogen (secondary N) is 1. The van der Waals surface area contributed by atoms with Gasteiger partial charge in [-0.3, -0.25) is 14.9 Å². The summed E-state index contributed by atoms with van der Waals surface area (Å²) in [6.07, 6.45) is 0.333. The fourth-order valence-electron chi connectivity index (χ4n) is 2.21. The lowest BCUT2D eigenvalue weighted by Gasteiger charge is -2.18. The van der Waals surface area contributed by atoms with E-state index in [0.29, 0.717) is 37.7 Å². The van der Waals surface area contributed by atoms with E-state index in [1.54, 1.807) is 6.07 Å². The molecule has 0 spiro atoms. The number of nitro groups is 1. The van der Waals surface area contributed by atoms with Crippen LogP contribution in [0.4, 0.5) is 0 Å². The first-order chi connectivity index (χ1) is 9.65. The van der Waals surface area contributed by atoms with Crippen molar-refractivity contribution in [3.8, 4) is 11.5 Å². The molecule has 1 aliphatic carbocycles. The molecule has 1 aromatic carbocycles. The molecule has 1 amide bonds. The molecule has 2 aliphatic rings. The van der Waals surface area contributed by atoms with Crippen molar-refractivity contribution in [2.75, 3.05) is 13.2 Å². The van der Waals surface area contributed by atoms with Gasteiger partial charge in [-0.2, -0.15) is 0 Å². The molecule has 1 fully saturated rings. The van der Waals surface area contributed by atoms with Gasteiger partial charge in [-0.25, -0.2) is 0 Å². The average Bonchev–Trinajstić information content (AvgIpc) is 3.25. The van der Waals surface area contributed by atoms with Crippen LogP contribution in [-0.2, 0) is 11.3 Å². The molecule has 106 valence electrons. The molecule has 2 unspecified atom stereocenters. The molecule has 0 saturated heterocycles. The van der Waals surface area contributed by atoms with E-state index in [0.717, 1.165) is 5.56 Å². The van der Waals surface area contributed by atoms with E-state index in [1.807, 2.05) is 12.1 Å². The second-order valence-corrected chi connectivity index (χ2v) is 4.89. The molecule has 1 saturated carbocycles. The molecule has 0 radical (unpaired) electrons. The van der Waals surface area contributed by atoms with Gasteiger partial charge in [-0.15, -0.1) is 0 Å². The van der Waals surface area contributed by atoms with E-state index in [9.17, 15) is 14.9 Å².